The van der Waals surface area contributed by atoms with E-state index in [2.05, 4.69) is 10.3 Å². The van der Waals surface area contributed by atoms with Crippen molar-refractivity contribution in [3.8, 4) is 0 Å². The van der Waals surface area contributed by atoms with E-state index < -0.39 is 5.25 Å². The minimum absolute atomic E-state index is 0.00666. The molecule has 1 saturated heterocycles. The smallest absolute Gasteiger partial charge is 0.242 e. The quantitative estimate of drug-likeness (QED) is 0.774. The van der Waals surface area contributed by atoms with Gasteiger partial charge in [-0.05, 0) is 46.8 Å². The average Bonchev–Trinajstić information content (AvgIpc) is 2.82. The third-order valence-corrected chi connectivity index (χ3v) is 4.94. The predicted molar refractivity (Wildman–Crippen MR) is 106 cm³/mol. The molecule has 1 aromatic rings. The standard InChI is InChI=1S/C19H25N3O3S/c1-11(2)20-19-22(12(3)4)18(25)16(26-19)10-17(24)21-15-8-6-7-14(9-15)13(5)23/h6-9,11-12,16H,10H2,1-5H3,(H,21,24). The number of amides is 2. The van der Waals surface area contributed by atoms with Crippen molar-refractivity contribution in [2.75, 3.05) is 5.32 Å². The van der Waals surface area contributed by atoms with Gasteiger partial charge < -0.3 is 5.32 Å². The molecule has 1 fully saturated rings. The Labute approximate surface area is 158 Å². The van der Waals surface area contributed by atoms with Crippen molar-refractivity contribution in [3.05, 3.63) is 29.8 Å². The van der Waals surface area contributed by atoms with Crippen molar-refractivity contribution in [3.63, 3.8) is 0 Å². The van der Waals surface area contributed by atoms with E-state index >= 15 is 0 Å². The molecular formula is C19H25N3O3S. The summed E-state index contributed by atoms with van der Waals surface area (Å²) in [5, 5.41) is 2.97. The molecule has 2 rings (SSSR count). The molecule has 1 atom stereocenters. The van der Waals surface area contributed by atoms with Gasteiger partial charge in [0, 0.05) is 29.8 Å². The highest BCUT2D eigenvalue weighted by Gasteiger charge is 2.40. The number of ketones is 1. The molecule has 7 heteroatoms. The van der Waals surface area contributed by atoms with E-state index in [0.717, 1.165) is 0 Å². The predicted octanol–water partition coefficient (Wildman–Crippen LogP) is 3.33. The number of anilines is 1. The molecule has 1 N–H and O–H groups in total. The minimum Gasteiger partial charge on any atom is -0.326 e. The second-order valence-corrected chi connectivity index (χ2v) is 7.97. The van der Waals surface area contributed by atoms with Crippen LogP contribution in [0.1, 0.15) is 51.4 Å². The maximum Gasteiger partial charge on any atom is 0.242 e. The molecule has 6 nitrogen and oxygen atoms in total. The Morgan fingerprint density at radius 3 is 2.54 bits per heavy atom. The van der Waals surface area contributed by atoms with Crippen LogP contribution in [0, 0.1) is 0 Å². The lowest BCUT2D eigenvalue weighted by atomic mass is 10.1. The first-order chi connectivity index (χ1) is 12.2. The van der Waals surface area contributed by atoms with Gasteiger partial charge in [0.2, 0.25) is 11.8 Å². The van der Waals surface area contributed by atoms with Crippen LogP contribution in [0.4, 0.5) is 5.69 Å². The van der Waals surface area contributed by atoms with Gasteiger partial charge in [0.15, 0.2) is 11.0 Å². The van der Waals surface area contributed by atoms with Gasteiger partial charge in [-0.1, -0.05) is 23.9 Å². The van der Waals surface area contributed by atoms with Gasteiger partial charge in [-0.2, -0.15) is 0 Å². The molecule has 140 valence electrons. The fraction of sp³-hybridized carbons (Fsp3) is 0.474. The first kappa shape index (κ1) is 20.2. The molecular weight excluding hydrogens is 350 g/mol. The number of nitrogens with one attached hydrogen (secondary N) is 1. The lowest BCUT2D eigenvalue weighted by molar-refractivity contribution is -0.129. The summed E-state index contributed by atoms with van der Waals surface area (Å²) in [5.41, 5.74) is 1.08. The number of aliphatic imine (C=N–C) groups is 1. The maximum absolute atomic E-state index is 12.7. The van der Waals surface area contributed by atoms with Crippen LogP contribution in [0.15, 0.2) is 29.3 Å². The van der Waals surface area contributed by atoms with Gasteiger partial charge >= 0.3 is 0 Å². The fourth-order valence-electron chi connectivity index (χ4n) is 2.60. The van der Waals surface area contributed by atoms with Crippen LogP contribution in [-0.2, 0) is 9.59 Å². The summed E-state index contributed by atoms with van der Waals surface area (Å²) in [4.78, 5) is 42.7. The SMILES string of the molecule is CC(=O)c1cccc(NC(=O)CC2SC(=NC(C)C)N(C(C)C)C2=O)c1. The van der Waals surface area contributed by atoms with E-state index in [1.165, 1.54) is 18.7 Å². The number of hydrogen-bond acceptors (Lipinski definition) is 5. The van der Waals surface area contributed by atoms with Gasteiger partial charge in [-0.25, -0.2) is 0 Å². The number of rotatable bonds is 6. The van der Waals surface area contributed by atoms with Gasteiger partial charge in [-0.3, -0.25) is 24.3 Å². The lowest BCUT2D eigenvalue weighted by Gasteiger charge is -2.21. The molecule has 1 aromatic carbocycles. The molecule has 1 aliphatic rings. The van der Waals surface area contributed by atoms with E-state index in [1.807, 2.05) is 27.7 Å². The third-order valence-electron chi connectivity index (χ3n) is 3.78. The van der Waals surface area contributed by atoms with Gasteiger partial charge in [0.1, 0.15) is 5.25 Å². The van der Waals surface area contributed by atoms with Crippen molar-refractivity contribution >= 4 is 40.2 Å². The Bertz CT molecular complexity index is 743. The number of hydrogen-bond donors (Lipinski definition) is 1. The molecule has 0 bridgehead atoms. The number of amidine groups is 1. The van der Waals surface area contributed by atoms with E-state index in [9.17, 15) is 14.4 Å². The van der Waals surface area contributed by atoms with E-state index in [0.29, 0.717) is 16.4 Å². The van der Waals surface area contributed by atoms with Crippen molar-refractivity contribution in [2.24, 2.45) is 4.99 Å². The molecule has 0 spiro atoms. The average molecular weight is 375 g/mol. The fourth-order valence-corrected chi connectivity index (χ4v) is 3.99. The zero-order valence-electron chi connectivity index (χ0n) is 15.8. The Morgan fingerprint density at radius 2 is 1.96 bits per heavy atom. The van der Waals surface area contributed by atoms with Crippen LogP contribution < -0.4 is 5.32 Å². The largest absolute Gasteiger partial charge is 0.326 e. The molecule has 0 radical (unpaired) electrons. The van der Waals surface area contributed by atoms with E-state index in [1.54, 1.807) is 29.2 Å². The van der Waals surface area contributed by atoms with Crippen LogP contribution in [0.5, 0.6) is 0 Å². The third kappa shape index (κ3) is 4.94. The minimum atomic E-state index is -0.481. The zero-order valence-corrected chi connectivity index (χ0v) is 16.6. The number of nitrogens with zero attached hydrogens (tertiary/aromatic N) is 2. The monoisotopic (exact) mass is 375 g/mol. The second-order valence-electron chi connectivity index (χ2n) is 6.80. The van der Waals surface area contributed by atoms with Crippen LogP contribution in [0.2, 0.25) is 0 Å². The van der Waals surface area contributed by atoms with Gasteiger partial charge in [-0.15, -0.1) is 0 Å². The second kappa shape index (κ2) is 8.49. The molecule has 26 heavy (non-hydrogen) atoms. The first-order valence-corrected chi connectivity index (χ1v) is 9.55. The Balaban J connectivity index is 2.08. The highest BCUT2D eigenvalue weighted by atomic mass is 32.2. The summed E-state index contributed by atoms with van der Waals surface area (Å²) in [5.74, 6) is -0.409. The number of carbonyl (C=O) groups excluding carboxylic acids is 3. The number of Topliss-reactive ketones (excluding diaryl/α,β-unsaturated/α-hetero) is 1. The maximum atomic E-state index is 12.7. The summed E-state index contributed by atoms with van der Waals surface area (Å²) < 4.78 is 0. The number of benzene rings is 1. The summed E-state index contributed by atoms with van der Waals surface area (Å²) in [6.45, 7) is 9.26. The molecule has 0 aromatic heterocycles. The van der Waals surface area contributed by atoms with E-state index in [4.69, 9.17) is 0 Å². The van der Waals surface area contributed by atoms with Gasteiger partial charge in [0.05, 0.1) is 0 Å². The summed E-state index contributed by atoms with van der Waals surface area (Å²) in [7, 11) is 0. The topological polar surface area (TPSA) is 78.8 Å². The van der Waals surface area contributed by atoms with Crippen LogP contribution >= 0.6 is 11.8 Å². The zero-order chi connectivity index (χ0) is 19.4. The Morgan fingerprint density at radius 1 is 1.27 bits per heavy atom. The van der Waals surface area contributed by atoms with Crippen LogP contribution in [-0.4, -0.2) is 45.0 Å². The first-order valence-electron chi connectivity index (χ1n) is 8.67. The van der Waals surface area contributed by atoms with Crippen molar-refractivity contribution in [1.29, 1.82) is 0 Å². The molecule has 1 heterocycles. The summed E-state index contributed by atoms with van der Waals surface area (Å²) in [6, 6.07) is 6.84. The summed E-state index contributed by atoms with van der Waals surface area (Å²) >= 11 is 1.34. The van der Waals surface area contributed by atoms with Crippen LogP contribution in [0.3, 0.4) is 0 Å². The molecule has 0 saturated carbocycles. The number of thioether (sulfide) groups is 1. The van der Waals surface area contributed by atoms with Gasteiger partial charge in [0.25, 0.3) is 0 Å². The van der Waals surface area contributed by atoms with Crippen molar-refractivity contribution in [2.45, 2.75) is 58.4 Å². The lowest BCUT2D eigenvalue weighted by Crippen LogP contribution is -2.38. The molecule has 1 aliphatic heterocycles. The highest BCUT2D eigenvalue weighted by molar-refractivity contribution is 8.15. The van der Waals surface area contributed by atoms with Crippen LogP contribution in [0.25, 0.3) is 0 Å². The molecule has 1 unspecified atom stereocenters. The molecule has 0 aliphatic carbocycles. The Hall–Kier alpha value is -2.15. The summed E-state index contributed by atoms with van der Waals surface area (Å²) in [6.07, 6.45) is 0.0636. The van der Waals surface area contributed by atoms with E-state index in [-0.39, 0.29) is 36.1 Å². The molecule has 2 amide bonds. The van der Waals surface area contributed by atoms with Crippen molar-refractivity contribution in [1.82, 2.24) is 4.90 Å². The van der Waals surface area contributed by atoms with Crippen molar-refractivity contribution < 1.29 is 14.4 Å². The normalized spacial score (nSPS) is 18.9. The number of carbonyl (C=O) groups is 3. The Kier molecular flexibility index (Phi) is 6.58. The highest BCUT2D eigenvalue weighted by Crippen LogP contribution is 2.31.